The highest BCUT2D eigenvalue weighted by atomic mass is 32.2. The van der Waals surface area contributed by atoms with Crippen molar-refractivity contribution in [1.82, 2.24) is 0 Å². The van der Waals surface area contributed by atoms with Crippen LogP contribution in [0.1, 0.15) is 30.9 Å². The molecule has 0 saturated heterocycles. The summed E-state index contributed by atoms with van der Waals surface area (Å²) < 4.78 is 5.22. The maximum Gasteiger partial charge on any atom is 0.120 e. The number of ether oxygens (including phenoxy) is 1. The molecule has 2 aromatic rings. The van der Waals surface area contributed by atoms with Crippen molar-refractivity contribution in [1.29, 1.82) is 5.26 Å². The van der Waals surface area contributed by atoms with E-state index in [1.54, 1.807) is 24.9 Å². The molecule has 0 aliphatic heterocycles. The van der Waals surface area contributed by atoms with Gasteiger partial charge < -0.3 is 4.74 Å². The highest BCUT2D eigenvalue weighted by Gasteiger charge is 2.07. The Kier molecular flexibility index (Phi) is 4.70. The van der Waals surface area contributed by atoms with Crippen molar-refractivity contribution < 1.29 is 4.74 Å². The fraction of sp³-hybridized carbons (Fsp3) is 0.235. The fourth-order valence-electron chi connectivity index (χ4n) is 1.85. The number of nitrogens with zero attached hydrogens (tertiary/aromatic N) is 1. The van der Waals surface area contributed by atoms with Gasteiger partial charge in [-0.25, -0.2) is 0 Å². The van der Waals surface area contributed by atoms with Crippen LogP contribution in [0, 0.1) is 11.3 Å². The van der Waals surface area contributed by atoms with Crippen molar-refractivity contribution in [2.75, 3.05) is 7.11 Å². The van der Waals surface area contributed by atoms with Crippen molar-refractivity contribution in [2.45, 2.75) is 29.6 Å². The highest BCUT2D eigenvalue weighted by Crippen LogP contribution is 2.33. The first-order valence-corrected chi connectivity index (χ1v) is 7.31. The van der Waals surface area contributed by atoms with Gasteiger partial charge in [-0.2, -0.15) is 5.26 Å². The first-order valence-electron chi connectivity index (χ1n) is 6.50. The van der Waals surface area contributed by atoms with E-state index in [-0.39, 0.29) is 0 Å². The van der Waals surface area contributed by atoms with Crippen LogP contribution in [-0.4, -0.2) is 7.11 Å². The summed E-state index contributed by atoms with van der Waals surface area (Å²) >= 11 is 1.59. The van der Waals surface area contributed by atoms with Crippen molar-refractivity contribution in [3.8, 4) is 11.8 Å². The zero-order chi connectivity index (χ0) is 14.5. The maximum atomic E-state index is 9.17. The summed E-state index contributed by atoms with van der Waals surface area (Å²) in [6.45, 7) is 4.36. The summed E-state index contributed by atoms with van der Waals surface area (Å²) in [5.74, 6) is 1.30. The van der Waals surface area contributed by atoms with Crippen molar-refractivity contribution in [2.24, 2.45) is 0 Å². The Morgan fingerprint density at radius 3 is 2.35 bits per heavy atom. The Labute approximate surface area is 124 Å². The van der Waals surface area contributed by atoms with Crippen LogP contribution in [0.15, 0.2) is 52.3 Å². The van der Waals surface area contributed by atoms with Crippen LogP contribution in [0.5, 0.6) is 5.75 Å². The highest BCUT2D eigenvalue weighted by molar-refractivity contribution is 7.99. The molecule has 20 heavy (non-hydrogen) atoms. The quantitative estimate of drug-likeness (QED) is 0.804. The molecule has 0 amide bonds. The van der Waals surface area contributed by atoms with Crippen LogP contribution in [0.2, 0.25) is 0 Å². The second-order valence-electron chi connectivity index (χ2n) is 4.80. The smallest absolute Gasteiger partial charge is 0.120 e. The summed E-state index contributed by atoms with van der Waals surface area (Å²) in [6, 6.07) is 16.2. The SMILES string of the molecule is COc1ccc(C#N)c(Sc2ccc(C(C)C)cc2)c1. The van der Waals surface area contributed by atoms with Crippen LogP contribution in [-0.2, 0) is 0 Å². The molecule has 2 aromatic carbocycles. The van der Waals surface area contributed by atoms with E-state index in [4.69, 9.17) is 4.74 Å². The normalized spacial score (nSPS) is 10.3. The third-order valence-corrected chi connectivity index (χ3v) is 4.15. The number of nitriles is 1. The second-order valence-corrected chi connectivity index (χ2v) is 5.92. The number of hydrogen-bond acceptors (Lipinski definition) is 3. The van der Waals surface area contributed by atoms with Gasteiger partial charge in [-0.1, -0.05) is 37.7 Å². The van der Waals surface area contributed by atoms with E-state index in [9.17, 15) is 5.26 Å². The number of methoxy groups -OCH3 is 1. The van der Waals surface area contributed by atoms with Gasteiger partial charge in [0.2, 0.25) is 0 Å². The van der Waals surface area contributed by atoms with Gasteiger partial charge in [-0.05, 0) is 41.8 Å². The largest absolute Gasteiger partial charge is 0.497 e. The monoisotopic (exact) mass is 283 g/mol. The molecule has 2 rings (SSSR count). The van der Waals surface area contributed by atoms with E-state index in [1.165, 1.54) is 5.56 Å². The molecule has 0 unspecified atom stereocenters. The zero-order valence-corrected chi connectivity index (χ0v) is 12.7. The lowest BCUT2D eigenvalue weighted by Crippen LogP contribution is -1.88. The van der Waals surface area contributed by atoms with Crippen LogP contribution >= 0.6 is 11.8 Å². The first-order chi connectivity index (χ1) is 9.63. The van der Waals surface area contributed by atoms with E-state index in [0.717, 1.165) is 15.5 Å². The summed E-state index contributed by atoms with van der Waals surface area (Å²) in [5, 5.41) is 9.17. The summed E-state index contributed by atoms with van der Waals surface area (Å²) in [4.78, 5) is 2.04. The summed E-state index contributed by atoms with van der Waals surface area (Å²) in [7, 11) is 1.63. The molecule has 0 fully saturated rings. The first kappa shape index (κ1) is 14.5. The van der Waals surface area contributed by atoms with Gasteiger partial charge in [0.15, 0.2) is 0 Å². The van der Waals surface area contributed by atoms with Crippen LogP contribution in [0.3, 0.4) is 0 Å². The van der Waals surface area contributed by atoms with Crippen LogP contribution in [0.25, 0.3) is 0 Å². The summed E-state index contributed by atoms with van der Waals surface area (Å²) in [5.41, 5.74) is 1.99. The Balaban J connectivity index is 2.27. The Bertz CT molecular complexity index is 626. The Morgan fingerprint density at radius 2 is 1.80 bits per heavy atom. The Morgan fingerprint density at radius 1 is 1.10 bits per heavy atom. The standard InChI is InChI=1S/C17H17NOS/c1-12(2)13-5-8-16(9-6-13)20-17-10-15(19-3)7-4-14(17)11-18/h4-10,12H,1-3H3. The van der Waals surface area contributed by atoms with Crippen molar-refractivity contribution >= 4 is 11.8 Å². The molecule has 0 radical (unpaired) electrons. The van der Waals surface area contributed by atoms with Gasteiger partial charge in [-0.15, -0.1) is 0 Å². The van der Waals surface area contributed by atoms with Gasteiger partial charge in [0.1, 0.15) is 11.8 Å². The molecule has 0 bridgehead atoms. The average molecular weight is 283 g/mol. The van der Waals surface area contributed by atoms with E-state index < -0.39 is 0 Å². The van der Waals surface area contributed by atoms with E-state index in [0.29, 0.717) is 11.5 Å². The molecule has 0 atom stereocenters. The minimum atomic E-state index is 0.528. The maximum absolute atomic E-state index is 9.17. The minimum absolute atomic E-state index is 0.528. The van der Waals surface area contributed by atoms with Crippen LogP contribution < -0.4 is 4.74 Å². The number of rotatable bonds is 4. The molecule has 2 nitrogen and oxygen atoms in total. The molecule has 0 saturated carbocycles. The van der Waals surface area contributed by atoms with Gasteiger partial charge >= 0.3 is 0 Å². The molecule has 0 heterocycles. The van der Waals surface area contributed by atoms with Gasteiger partial charge in [0, 0.05) is 9.79 Å². The second kappa shape index (κ2) is 6.49. The molecular formula is C17H17NOS. The van der Waals surface area contributed by atoms with Gasteiger partial charge in [0.05, 0.1) is 12.7 Å². The number of hydrogen-bond donors (Lipinski definition) is 0. The average Bonchev–Trinajstić information content (AvgIpc) is 2.47. The predicted octanol–water partition coefficient (Wildman–Crippen LogP) is 4.84. The zero-order valence-electron chi connectivity index (χ0n) is 11.9. The van der Waals surface area contributed by atoms with Crippen LogP contribution in [0.4, 0.5) is 0 Å². The van der Waals surface area contributed by atoms with Gasteiger partial charge in [0.25, 0.3) is 0 Å². The minimum Gasteiger partial charge on any atom is -0.497 e. The lowest BCUT2D eigenvalue weighted by Gasteiger charge is -2.09. The van der Waals surface area contributed by atoms with E-state index in [2.05, 4.69) is 44.2 Å². The lowest BCUT2D eigenvalue weighted by molar-refractivity contribution is 0.413. The molecule has 0 aromatic heterocycles. The van der Waals surface area contributed by atoms with E-state index >= 15 is 0 Å². The molecule has 0 aliphatic carbocycles. The molecule has 3 heteroatoms. The Hall–Kier alpha value is -1.92. The molecular weight excluding hydrogens is 266 g/mol. The lowest BCUT2D eigenvalue weighted by atomic mass is 10.0. The number of benzene rings is 2. The molecule has 0 spiro atoms. The van der Waals surface area contributed by atoms with Gasteiger partial charge in [-0.3, -0.25) is 0 Å². The molecule has 102 valence electrons. The topological polar surface area (TPSA) is 33.0 Å². The fourth-order valence-corrected chi connectivity index (χ4v) is 2.78. The van der Waals surface area contributed by atoms with E-state index in [1.807, 2.05) is 12.1 Å². The third-order valence-electron chi connectivity index (χ3n) is 3.08. The third kappa shape index (κ3) is 3.34. The van der Waals surface area contributed by atoms with Crippen molar-refractivity contribution in [3.63, 3.8) is 0 Å². The van der Waals surface area contributed by atoms with Crippen molar-refractivity contribution in [3.05, 3.63) is 53.6 Å². The predicted molar refractivity (Wildman–Crippen MR) is 82.4 cm³/mol. The molecule has 0 aliphatic rings. The summed E-state index contributed by atoms with van der Waals surface area (Å²) in [6.07, 6.45) is 0. The molecule has 0 N–H and O–H groups in total.